The van der Waals surface area contributed by atoms with Gasteiger partial charge in [-0.05, 0) is 18.1 Å². The number of pyridine rings is 1. The van der Waals surface area contributed by atoms with E-state index in [-0.39, 0.29) is 11.9 Å². The second-order valence-corrected chi connectivity index (χ2v) is 3.25. The van der Waals surface area contributed by atoms with Crippen LogP contribution < -0.4 is 5.73 Å². The maximum Gasteiger partial charge on any atom is 0.308 e. The molecule has 0 aliphatic carbocycles. The largest absolute Gasteiger partial charge is 0.469 e. The molecule has 0 aliphatic rings. The number of esters is 1. The van der Waals surface area contributed by atoms with Gasteiger partial charge in [0.25, 0.3) is 0 Å². The first-order valence-corrected chi connectivity index (χ1v) is 4.40. The van der Waals surface area contributed by atoms with Gasteiger partial charge in [-0.1, -0.05) is 6.92 Å². The van der Waals surface area contributed by atoms with E-state index in [1.807, 2.05) is 13.0 Å². The molecular formula is C10H14N2O2. The Kier molecular flexibility index (Phi) is 3.45. The number of hydrogen-bond acceptors (Lipinski definition) is 4. The topological polar surface area (TPSA) is 65.2 Å². The van der Waals surface area contributed by atoms with E-state index >= 15 is 0 Å². The van der Waals surface area contributed by atoms with E-state index in [1.165, 1.54) is 7.11 Å². The maximum atomic E-state index is 11.1. The van der Waals surface area contributed by atoms with E-state index < -0.39 is 0 Å². The van der Waals surface area contributed by atoms with Gasteiger partial charge in [-0.25, -0.2) is 0 Å². The summed E-state index contributed by atoms with van der Waals surface area (Å²) in [4.78, 5) is 15.1. The summed E-state index contributed by atoms with van der Waals surface area (Å²) in [7, 11) is 1.39. The van der Waals surface area contributed by atoms with Gasteiger partial charge in [0, 0.05) is 12.4 Å². The van der Waals surface area contributed by atoms with Gasteiger partial charge in [-0.3, -0.25) is 9.78 Å². The normalized spacial score (nSPS) is 12.1. The number of aromatic nitrogens is 1. The summed E-state index contributed by atoms with van der Waals surface area (Å²) in [5.74, 6) is -0.379. The van der Waals surface area contributed by atoms with Crippen LogP contribution >= 0.6 is 0 Å². The lowest BCUT2D eigenvalue weighted by molar-refractivity contribution is -0.144. The van der Waals surface area contributed by atoms with Crippen LogP contribution in [0.2, 0.25) is 0 Å². The molecule has 0 saturated carbocycles. The summed E-state index contributed by atoms with van der Waals surface area (Å²) in [5, 5.41) is 0. The van der Waals surface area contributed by atoms with Crippen molar-refractivity contribution >= 4 is 11.7 Å². The van der Waals surface area contributed by atoms with Gasteiger partial charge in [0.2, 0.25) is 0 Å². The molecule has 0 spiro atoms. The molecule has 0 bridgehead atoms. The number of carbonyl (C=O) groups is 1. The van der Waals surface area contributed by atoms with E-state index in [4.69, 9.17) is 5.73 Å². The average Bonchev–Trinajstić information content (AvgIpc) is 2.16. The van der Waals surface area contributed by atoms with Crippen LogP contribution in [0, 0.1) is 5.92 Å². The molecule has 0 radical (unpaired) electrons. The van der Waals surface area contributed by atoms with Crippen LogP contribution in [0.25, 0.3) is 0 Å². The zero-order valence-electron chi connectivity index (χ0n) is 8.36. The molecule has 1 rings (SSSR count). The molecule has 2 N–H and O–H groups in total. The summed E-state index contributed by atoms with van der Waals surface area (Å²) in [6.07, 6.45) is 3.88. The van der Waals surface area contributed by atoms with E-state index in [0.717, 1.165) is 5.56 Å². The average molecular weight is 194 g/mol. The van der Waals surface area contributed by atoms with Crippen molar-refractivity contribution in [2.24, 2.45) is 5.92 Å². The molecule has 0 amide bonds. The molecule has 1 atom stereocenters. The minimum atomic E-state index is -0.215. The number of methoxy groups -OCH3 is 1. The van der Waals surface area contributed by atoms with Crippen molar-refractivity contribution in [3.8, 4) is 0 Å². The highest BCUT2D eigenvalue weighted by atomic mass is 16.5. The third-order valence-electron chi connectivity index (χ3n) is 1.96. The number of nitrogens with zero attached hydrogens (tertiary/aromatic N) is 1. The molecule has 0 aliphatic heterocycles. The number of hydrogen-bond donors (Lipinski definition) is 1. The predicted molar refractivity (Wildman–Crippen MR) is 53.5 cm³/mol. The van der Waals surface area contributed by atoms with E-state index in [0.29, 0.717) is 12.1 Å². The maximum absolute atomic E-state index is 11.1. The Labute approximate surface area is 83.1 Å². The third-order valence-corrected chi connectivity index (χ3v) is 1.96. The molecule has 1 aromatic rings. The molecular weight excluding hydrogens is 180 g/mol. The second kappa shape index (κ2) is 4.60. The fourth-order valence-corrected chi connectivity index (χ4v) is 1.26. The number of nitrogens with two attached hydrogens (primary N) is 1. The van der Waals surface area contributed by atoms with Crippen molar-refractivity contribution < 1.29 is 9.53 Å². The minimum Gasteiger partial charge on any atom is -0.469 e. The second-order valence-electron chi connectivity index (χ2n) is 3.25. The minimum absolute atomic E-state index is 0.163. The molecule has 0 aromatic carbocycles. The van der Waals surface area contributed by atoms with Crippen LogP contribution in [0.1, 0.15) is 12.5 Å². The number of nitrogen functional groups attached to an aromatic ring is 1. The highest BCUT2D eigenvalue weighted by Gasteiger charge is 2.13. The van der Waals surface area contributed by atoms with Crippen LogP contribution in [-0.2, 0) is 16.0 Å². The number of ether oxygens (including phenoxy) is 1. The third kappa shape index (κ3) is 2.73. The van der Waals surface area contributed by atoms with Crippen LogP contribution in [0.4, 0.5) is 5.69 Å². The SMILES string of the molecule is COC(=O)[C@@H](C)Cc1cncc(N)c1. The Morgan fingerprint density at radius 3 is 2.93 bits per heavy atom. The van der Waals surface area contributed by atoms with Gasteiger partial charge in [-0.15, -0.1) is 0 Å². The van der Waals surface area contributed by atoms with E-state index in [9.17, 15) is 4.79 Å². The Hall–Kier alpha value is -1.58. The van der Waals surface area contributed by atoms with Crippen molar-refractivity contribution in [3.05, 3.63) is 24.0 Å². The summed E-state index contributed by atoms with van der Waals surface area (Å²) in [6, 6.07) is 1.81. The van der Waals surface area contributed by atoms with E-state index in [1.54, 1.807) is 12.4 Å². The quantitative estimate of drug-likeness (QED) is 0.729. The molecule has 1 aromatic heterocycles. The molecule has 0 fully saturated rings. The molecule has 76 valence electrons. The fraction of sp³-hybridized carbons (Fsp3) is 0.400. The summed E-state index contributed by atoms with van der Waals surface area (Å²) < 4.78 is 4.62. The van der Waals surface area contributed by atoms with Crippen LogP contribution in [0.15, 0.2) is 18.5 Å². The summed E-state index contributed by atoms with van der Waals surface area (Å²) >= 11 is 0. The van der Waals surface area contributed by atoms with Gasteiger partial charge >= 0.3 is 5.97 Å². The van der Waals surface area contributed by atoms with Crippen molar-refractivity contribution in [2.75, 3.05) is 12.8 Å². The summed E-state index contributed by atoms with van der Waals surface area (Å²) in [6.45, 7) is 1.81. The lowest BCUT2D eigenvalue weighted by Crippen LogP contribution is -2.15. The molecule has 14 heavy (non-hydrogen) atoms. The molecule has 1 heterocycles. The van der Waals surface area contributed by atoms with Crippen LogP contribution in [0.5, 0.6) is 0 Å². The van der Waals surface area contributed by atoms with Crippen LogP contribution in [-0.4, -0.2) is 18.1 Å². The monoisotopic (exact) mass is 194 g/mol. The smallest absolute Gasteiger partial charge is 0.308 e. The Morgan fingerprint density at radius 2 is 2.36 bits per heavy atom. The Morgan fingerprint density at radius 1 is 1.64 bits per heavy atom. The predicted octanol–water partition coefficient (Wildman–Crippen LogP) is 1.02. The van der Waals surface area contributed by atoms with Crippen LogP contribution in [0.3, 0.4) is 0 Å². The fourth-order valence-electron chi connectivity index (χ4n) is 1.26. The zero-order chi connectivity index (χ0) is 10.6. The van der Waals surface area contributed by atoms with Crippen molar-refractivity contribution in [1.29, 1.82) is 0 Å². The molecule has 4 nitrogen and oxygen atoms in total. The first-order chi connectivity index (χ1) is 6.63. The zero-order valence-corrected chi connectivity index (χ0v) is 8.36. The number of anilines is 1. The Balaban J connectivity index is 2.64. The number of rotatable bonds is 3. The number of carbonyl (C=O) groups excluding carboxylic acids is 1. The lowest BCUT2D eigenvalue weighted by atomic mass is 10.0. The lowest BCUT2D eigenvalue weighted by Gasteiger charge is -2.08. The van der Waals surface area contributed by atoms with Gasteiger partial charge < -0.3 is 10.5 Å². The molecule has 0 unspecified atom stereocenters. The van der Waals surface area contributed by atoms with E-state index in [2.05, 4.69) is 9.72 Å². The molecule has 0 saturated heterocycles. The molecule has 4 heteroatoms. The summed E-state index contributed by atoms with van der Waals surface area (Å²) in [5.41, 5.74) is 7.12. The van der Waals surface area contributed by atoms with Crippen molar-refractivity contribution in [1.82, 2.24) is 4.98 Å². The highest BCUT2D eigenvalue weighted by molar-refractivity contribution is 5.72. The van der Waals surface area contributed by atoms with Crippen molar-refractivity contribution in [3.63, 3.8) is 0 Å². The van der Waals surface area contributed by atoms with Gasteiger partial charge in [0.05, 0.1) is 18.7 Å². The van der Waals surface area contributed by atoms with Gasteiger partial charge in [0.15, 0.2) is 0 Å². The van der Waals surface area contributed by atoms with Gasteiger partial charge in [0.1, 0.15) is 0 Å². The standard InChI is InChI=1S/C10H14N2O2/c1-7(10(13)14-2)3-8-4-9(11)6-12-5-8/h4-7H,3,11H2,1-2H3/t7-/m0/s1. The first kappa shape index (κ1) is 10.5. The van der Waals surface area contributed by atoms with Gasteiger partial charge in [-0.2, -0.15) is 0 Å². The van der Waals surface area contributed by atoms with Crippen molar-refractivity contribution in [2.45, 2.75) is 13.3 Å². The Bertz CT molecular complexity index is 326. The first-order valence-electron chi connectivity index (χ1n) is 4.40. The highest BCUT2D eigenvalue weighted by Crippen LogP contribution is 2.11.